The molecule has 0 fully saturated rings. The van der Waals surface area contributed by atoms with Crippen molar-refractivity contribution in [2.75, 3.05) is 0 Å². The van der Waals surface area contributed by atoms with Crippen molar-refractivity contribution in [1.82, 2.24) is 19.1 Å². The van der Waals surface area contributed by atoms with Crippen LogP contribution in [0.3, 0.4) is 0 Å². The zero-order valence-corrected chi connectivity index (χ0v) is 24.1. The Kier molecular flexibility index (Phi) is 4.93. The Morgan fingerprint density at radius 2 is 1.00 bits per heavy atom. The van der Waals surface area contributed by atoms with Gasteiger partial charge in [-0.25, -0.2) is 9.97 Å². The van der Waals surface area contributed by atoms with E-state index in [1.807, 2.05) is 48.5 Å². The first-order valence-corrected chi connectivity index (χ1v) is 15.1. The molecule has 0 bridgehead atoms. The summed E-state index contributed by atoms with van der Waals surface area (Å²) < 4.78 is 11.2. The van der Waals surface area contributed by atoms with E-state index in [1.165, 1.54) is 10.8 Å². The van der Waals surface area contributed by atoms with Crippen LogP contribution in [0.2, 0.25) is 0 Å². The summed E-state index contributed by atoms with van der Waals surface area (Å²) in [5, 5.41) is 4.67. The van der Waals surface area contributed by atoms with Crippen LogP contribution in [-0.2, 0) is 0 Å². The molecule has 1 aliphatic heterocycles. The molecule has 0 spiro atoms. The molecule has 0 saturated carbocycles. The Morgan fingerprint density at radius 1 is 0.444 bits per heavy atom. The third-order valence-electron chi connectivity index (χ3n) is 8.92. The lowest BCUT2D eigenvalue weighted by molar-refractivity contribution is 0.477. The molecule has 3 aromatic heterocycles. The van der Waals surface area contributed by atoms with Gasteiger partial charge in [0.15, 0.2) is 11.5 Å². The van der Waals surface area contributed by atoms with E-state index in [1.54, 1.807) is 0 Å². The van der Waals surface area contributed by atoms with Crippen LogP contribution < -0.4 is 4.74 Å². The highest BCUT2D eigenvalue weighted by Crippen LogP contribution is 2.50. The molecule has 4 heterocycles. The van der Waals surface area contributed by atoms with E-state index in [-0.39, 0.29) is 0 Å². The van der Waals surface area contributed by atoms with Crippen molar-refractivity contribution in [3.63, 3.8) is 0 Å². The summed E-state index contributed by atoms with van der Waals surface area (Å²) in [5.41, 5.74) is 9.15. The monoisotopic (exact) mass is 576 g/mol. The molecular weight excluding hydrogens is 552 g/mol. The summed E-state index contributed by atoms with van der Waals surface area (Å²) >= 11 is 0. The van der Waals surface area contributed by atoms with Gasteiger partial charge in [-0.1, -0.05) is 109 Å². The molecule has 0 unspecified atom stereocenters. The van der Waals surface area contributed by atoms with Gasteiger partial charge in [-0.2, -0.15) is 0 Å². The SMILES string of the molecule is c1ccc(-c2cc(-c3ccccc3)nc(-n3c4ccccc4c4c5c6ccccc6n6c5c(cc43)Oc3ccccc3-6)n2)cc1. The summed E-state index contributed by atoms with van der Waals surface area (Å²) in [6.45, 7) is 0. The van der Waals surface area contributed by atoms with E-state index in [0.717, 1.165) is 72.5 Å². The smallest absolute Gasteiger partial charge is 0.235 e. The van der Waals surface area contributed by atoms with Gasteiger partial charge in [0.25, 0.3) is 0 Å². The summed E-state index contributed by atoms with van der Waals surface area (Å²) in [5.74, 6) is 2.27. The number of fused-ring (bicyclic) bond motifs is 9. The van der Waals surface area contributed by atoms with Crippen molar-refractivity contribution in [3.8, 4) is 45.6 Å². The highest BCUT2D eigenvalue weighted by Gasteiger charge is 2.28. The van der Waals surface area contributed by atoms with Crippen LogP contribution in [0.15, 0.2) is 146 Å². The maximum atomic E-state index is 6.69. The number of ether oxygens (including phenoxy) is 1. The molecule has 10 rings (SSSR count). The highest BCUT2D eigenvalue weighted by molar-refractivity contribution is 6.30. The molecule has 5 nitrogen and oxygen atoms in total. The molecule has 1 aliphatic rings. The molecule has 5 heteroatoms. The van der Waals surface area contributed by atoms with E-state index in [4.69, 9.17) is 14.7 Å². The van der Waals surface area contributed by atoms with Crippen LogP contribution in [0.25, 0.3) is 77.8 Å². The molecule has 6 aromatic carbocycles. The Bertz CT molecular complexity index is 2560. The first-order valence-electron chi connectivity index (χ1n) is 15.1. The van der Waals surface area contributed by atoms with Gasteiger partial charge < -0.3 is 9.30 Å². The molecule has 45 heavy (non-hydrogen) atoms. The molecule has 0 amide bonds. The molecule has 0 aliphatic carbocycles. The second kappa shape index (κ2) is 9.15. The van der Waals surface area contributed by atoms with E-state index in [2.05, 4.69) is 106 Å². The average molecular weight is 577 g/mol. The minimum atomic E-state index is 0.618. The fourth-order valence-electron chi connectivity index (χ4n) is 7.02. The third kappa shape index (κ3) is 3.43. The van der Waals surface area contributed by atoms with Crippen LogP contribution >= 0.6 is 0 Å². The first-order chi connectivity index (χ1) is 22.3. The number of hydrogen-bond donors (Lipinski definition) is 0. The van der Waals surface area contributed by atoms with Gasteiger partial charge in [-0.3, -0.25) is 4.57 Å². The average Bonchev–Trinajstić information content (AvgIpc) is 3.63. The van der Waals surface area contributed by atoms with Crippen molar-refractivity contribution >= 4 is 43.6 Å². The number of nitrogens with zero attached hydrogens (tertiary/aromatic N) is 4. The van der Waals surface area contributed by atoms with Crippen molar-refractivity contribution in [2.45, 2.75) is 0 Å². The predicted molar refractivity (Wildman–Crippen MR) is 182 cm³/mol. The van der Waals surface area contributed by atoms with E-state index < -0.39 is 0 Å². The summed E-state index contributed by atoms with van der Waals surface area (Å²) in [6.07, 6.45) is 0. The van der Waals surface area contributed by atoms with Crippen LogP contribution in [-0.4, -0.2) is 19.1 Å². The largest absolute Gasteiger partial charge is 0.453 e. The minimum Gasteiger partial charge on any atom is -0.453 e. The second-order valence-corrected chi connectivity index (χ2v) is 11.4. The molecule has 0 atom stereocenters. The Hall–Kier alpha value is -6.20. The predicted octanol–water partition coefficient (Wildman–Crippen LogP) is 10.1. The topological polar surface area (TPSA) is 44.9 Å². The molecule has 210 valence electrons. The van der Waals surface area contributed by atoms with Gasteiger partial charge in [-0.15, -0.1) is 0 Å². The van der Waals surface area contributed by atoms with Crippen LogP contribution in [0.5, 0.6) is 11.5 Å². The zero-order chi connectivity index (χ0) is 29.5. The maximum absolute atomic E-state index is 6.69. The fraction of sp³-hybridized carbons (Fsp3) is 0. The fourth-order valence-corrected chi connectivity index (χ4v) is 7.02. The van der Waals surface area contributed by atoms with E-state index in [9.17, 15) is 0 Å². The lowest BCUT2D eigenvalue weighted by atomic mass is 10.0. The standard InChI is InChI=1S/C40H24N4O/c1-3-13-25(14-4-1)29-23-30(26-15-5-2-6-16-26)42-40(41-29)44-32-20-10-7-17-27(32)37-34(44)24-36-39-38(37)28-18-8-9-19-31(28)43(39)33-21-11-12-22-35(33)45-36/h1-24H. The first kappa shape index (κ1) is 24.3. The van der Waals surface area contributed by atoms with Gasteiger partial charge in [0.2, 0.25) is 5.95 Å². The normalized spacial score (nSPS) is 12.2. The Morgan fingerprint density at radius 3 is 1.69 bits per heavy atom. The van der Waals surface area contributed by atoms with Crippen molar-refractivity contribution in [3.05, 3.63) is 146 Å². The van der Waals surface area contributed by atoms with Crippen LogP contribution in [0, 0.1) is 0 Å². The highest BCUT2D eigenvalue weighted by atomic mass is 16.5. The van der Waals surface area contributed by atoms with Crippen molar-refractivity contribution in [2.24, 2.45) is 0 Å². The van der Waals surface area contributed by atoms with Crippen LogP contribution in [0.4, 0.5) is 0 Å². The van der Waals surface area contributed by atoms with E-state index in [0.29, 0.717) is 5.95 Å². The maximum Gasteiger partial charge on any atom is 0.235 e. The molecular formula is C40H24N4O. The van der Waals surface area contributed by atoms with Crippen molar-refractivity contribution in [1.29, 1.82) is 0 Å². The molecule has 0 N–H and O–H groups in total. The molecule has 0 radical (unpaired) electrons. The lowest BCUT2D eigenvalue weighted by Crippen LogP contribution is -2.05. The van der Waals surface area contributed by atoms with Gasteiger partial charge in [0.05, 0.1) is 39.1 Å². The van der Waals surface area contributed by atoms with E-state index >= 15 is 0 Å². The lowest BCUT2D eigenvalue weighted by Gasteiger charge is -2.21. The number of benzene rings is 6. The van der Waals surface area contributed by atoms with Gasteiger partial charge in [0, 0.05) is 38.7 Å². The van der Waals surface area contributed by atoms with Gasteiger partial charge in [-0.05, 0) is 30.3 Å². The number of aromatic nitrogens is 4. The summed E-state index contributed by atoms with van der Waals surface area (Å²) in [4.78, 5) is 10.5. The second-order valence-electron chi connectivity index (χ2n) is 11.4. The van der Waals surface area contributed by atoms with Gasteiger partial charge in [0.1, 0.15) is 0 Å². The molecule has 9 aromatic rings. The molecule has 0 saturated heterocycles. The third-order valence-corrected chi connectivity index (χ3v) is 8.92. The zero-order valence-electron chi connectivity index (χ0n) is 24.1. The Labute approximate surface area is 258 Å². The van der Waals surface area contributed by atoms with Gasteiger partial charge >= 0.3 is 0 Å². The summed E-state index contributed by atoms with van der Waals surface area (Å²) in [7, 11) is 0. The quantitative estimate of drug-likeness (QED) is 0.210. The van der Waals surface area contributed by atoms with Crippen LogP contribution in [0.1, 0.15) is 0 Å². The Balaban J connectivity index is 1.37. The minimum absolute atomic E-state index is 0.618. The number of rotatable bonds is 3. The number of hydrogen-bond acceptors (Lipinski definition) is 3. The summed E-state index contributed by atoms with van der Waals surface area (Å²) in [6, 6.07) is 50.4. The number of para-hydroxylation sites is 4. The van der Waals surface area contributed by atoms with Crippen molar-refractivity contribution < 1.29 is 4.74 Å².